The smallest absolute Gasteiger partial charge is 0.225 e. The second kappa shape index (κ2) is 6.59. The van der Waals surface area contributed by atoms with Crippen LogP contribution < -0.4 is 4.90 Å². The molecule has 1 aromatic heterocycles. The van der Waals surface area contributed by atoms with Crippen molar-refractivity contribution >= 4 is 17.3 Å². The molecular weight excluding hydrogens is 274 g/mol. The summed E-state index contributed by atoms with van der Waals surface area (Å²) in [5.41, 5.74) is 2.40. The van der Waals surface area contributed by atoms with Crippen LogP contribution in [0.1, 0.15) is 51.5 Å². The lowest BCUT2D eigenvalue weighted by Gasteiger charge is -2.30. The van der Waals surface area contributed by atoms with E-state index in [0.29, 0.717) is 5.78 Å². The van der Waals surface area contributed by atoms with E-state index in [1.54, 1.807) is 6.92 Å². The Kier molecular flexibility index (Phi) is 4.55. The lowest BCUT2D eigenvalue weighted by Crippen LogP contribution is -2.34. The Morgan fingerprint density at radius 3 is 2.41 bits per heavy atom. The quantitative estimate of drug-likeness (QED) is 0.857. The molecule has 0 radical (unpaired) electrons. The number of anilines is 1. The average Bonchev–Trinajstić information content (AvgIpc) is 2.56. The van der Waals surface area contributed by atoms with Crippen LogP contribution in [-0.2, 0) is 4.79 Å². The number of hydrogen-bond acceptors (Lipinski definition) is 4. The van der Waals surface area contributed by atoms with Gasteiger partial charge in [0.05, 0.1) is 0 Å². The topological polar surface area (TPSA) is 46.1 Å². The third kappa shape index (κ3) is 3.37. The molecule has 1 aliphatic heterocycles. The minimum atomic E-state index is 0.208. The molecule has 1 saturated heterocycles. The monoisotopic (exact) mass is 299 g/mol. The minimum Gasteiger partial charge on any atom is -0.341 e. The normalized spacial score (nSPS) is 23.3. The minimum absolute atomic E-state index is 0.208. The molecule has 1 atom stereocenters. The van der Waals surface area contributed by atoms with Crippen LogP contribution >= 0.6 is 0 Å². The Morgan fingerprint density at radius 1 is 1.18 bits per heavy atom. The van der Waals surface area contributed by atoms with Crippen molar-refractivity contribution in [1.82, 2.24) is 9.97 Å². The third-order valence-corrected chi connectivity index (χ3v) is 5.06. The lowest BCUT2D eigenvalue weighted by molar-refractivity contribution is -0.120. The molecule has 4 heteroatoms. The summed E-state index contributed by atoms with van der Waals surface area (Å²) < 4.78 is 0. The molecule has 1 fully saturated rings. The van der Waals surface area contributed by atoms with Crippen LogP contribution in [0.3, 0.4) is 0 Å². The summed E-state index contributed by atoms with van der Waals surface area (Å²) in [4.78, 5) is 22.8. The summed E-state index contributed by atoms with van der Waals surface area (Å²) in [5, 5.41) is 0. The van der Waals surface area contributed by atoms with Gasteiger partial charge in [-0.05, 0) is 50.5 Å². The van der Waals surface area contributed by atoms with Crippen molar-refractivity contribution in [3.05, 3.63) is 24.0 Å². The zero-order valence-corrected chi connectivity index (χ0v) is 13.6. The Hall–Kier alpha value is -1.71. The van der Waals surface area contributed by atoms with Crippen LogP contribution in [0.5, 0.6) is 0 Å². The molecular formula is C18H25N3O. The highest BCUT2D eigenvalue weighted by atomic mass is 16.1. The van der Waals surface area contributed by atoms with Crippen molar-refractivity contribution in [2.24, 2.45) is 11.8 Å². The van der Waals surface area contributed by atoms with Crippen molar-refractivity contribution in [1.29, 1.82) is 0 Å². The number of hydrogen-bond donors (Lipinski definition) is 0. The first-order chi connectivity index (χ1) is 10.6. The first-order valence-electron chi connectivity index (χ1n) is 8.40. The van der Waals surface area contributed by atoms with Crippen LogP contribution in [-0.4, -0.2) is 28.8 Å². The Labute approximate surface area is 132 Å². The molecule has 1 unspecified atom stereocenters. The molecule has 0 spiro atoms. The molecule has 4 nitrogen and oxygen atoms in total. The zero-order chi connectivity index (χ0) is 15.5. The highest BCUT2D eigenvalue weighted by Gasteiger charge is 2.20. The predicted molar refractivity (Wildman–Crippen MR) is 88.6 cm³/mol. The fourth-order valence-electron chi connectivity index (χ4n) is 3.32. The molecule has 3 rings (SSSR count). The van der Waals surface area contributed by atoms with E-state index in [9.17, 15) is 4.79 Å². The fourth-order valence-corrected chi connectivity index (χ4v) is 3.32. The maximum Gasteiger partial charge on any atom is 0.225 e. The third-order valence-electron chi connectivity index (χ3n) is 5.06. The van der Waals surface area contributed by atoms with Gasteiger partial charge in [-0.1, -0.05) is 13.0 Å². The van der Waals surface area contributed by atoms with E-state index >= 15 is 0 Å². The van der Waals surface area contributed by atoms with Gasteiger partial charge >= 0.3 is 0 Å². The molecule has 0 amide bonds. The molecule has 2 heterocycles. The van der Waals surface area contributed by atoms with E-state index in [1.807, 2.05) is 12.4 Å². The SMILES string of the molecule is CC(=O)C1CC=C(c2cnc(N3CCC(C)CC3)nc2)CC1. The molecule has 1 aliphatic carbocycles. The summed E-state index contributed by atoms with van der Waals surface area (Å²) in [5.74, 6) is 2.19. The summed E-state index contributed by atoms with van der Waals surface area (Å²) in [7, 11) is 0. The number of aromatic nitrogens is 2. The molecule has 0 saturated carbocycles. The van der Waals surface area contributed by atoms with E-state index in [0.717, 1.165) is 49.8 Å². The zero-order valence-electron chi connectivity index (χ0n) is 13.6. The van der Waals surface area contributed by atoms with E-state index in [-0.39, 0.29) is 5.92 Å². The van der Waals surface area contributed by atoms with Gasteiger partial charge in [0.1, 0.15) is 5.78 Å². The number of carbonyl (C=O) groups is 1. The second-order valence-electron chi connectivity index (χ2n) is 6.75. The van der Waals surface area contributed by atoms with E-state index in [4.69, 9.17) is 0 Å². The Morgan fingerprint density at radius 2 is 1.86 bits per heavy atom. The number of allylic oxidation sites excluding steroid dienone is 2. The number of nitrogens with zero attached hydrogens (tertiary/aromatic N) is 3. The molecule has 0 aromatic carbocycles. The average molecular weight is 299 g/mol. The van der Waals surface area contributed by atoms with E-state index in [1.165, 1.54) is 18.4 Å². The molecule has 1 aromatic rings. The van der Waals surface area contributed by atoms with Gasteiger partial charge in [-0.2, -0.15) is 0 Å². The van der Waals surface area contributed by atoms with Gasteiger partial charge in [-0.15, -0.1) is 0 Å². The summed E-state index contributed by atoms with van der Waals surface area (Å²) >= 11 is 0. The number of ketones is 1. The van der Waals surface area contributed by atoms with Crippen LogP contribution in [0, 0.1) is 11.8 Å². The first kappa shape index (κ1) is 15.2. The van der Waals surface area contributed by atoms with Crippen molar-refractivity contribution in [3.8, 4) is 0 Å². The summed E-state index contributed by atoms with van der Waals surface area (Å²) in [6.07, 6.45) is 11.3. The summed E-state index contributed by atoms with van der Waals surface area (Å²) in [6, 6.07) is 0. The maximum atomic E-state index is 11.4. The van der Waals surface area contributed by atoms with Gasteiger partial charge in [0, 0.05) is 37.0 Å². The maximum absolute atomic E-state index is 11.4. The Balaban J connectivity index is 1.66. The standard InChI is InChI=1S/C18H25N3O/c1-13-7-9-21(10-8-13)18-19-11-17(12-20-18)16-5-3-15(4-6-16)14(2)22/h5,11-13,15H,3-4,6-10H2,1-2H3. The number of piperidine rings is 1. The van der Waals surface area contributed by atoms with Crippen LogP contribution in [0.2, 0.25) is 0 Å². The van der Waals surface area contributed by atoms with Crippen LogP contribution in [0.15, 0.2) is 18.5 Å². The van der Waals surface area contributed by atoms with Crippen molar-refractivity contribution in [2.75, 3.05) is 18.0 Å². The number of carbonyl (C=O) groups excluding carboxylic acids is 1. The molecule has 22 heavy (non-hydrogen) atoms. The van der Waals surface area contributed by atoms with Crippen molar-refractivity contribution < 1.29 is 4.79 Å². The highest BCUT2D eigenvalue weighted by Crippen LogP contribution is 2.30. The molecule has 0 N–H and O–H groups in total. The molecule has 2 aliphatic rings. The summed E-state index contributed by atoms with van der Waals surface area (Å²) in [6.45, 7) is 6.12. The molecule has 0 bridgehead atoms. The van der Waals surface area contributed by atoms with Crippen LogP contribution in [0.4, 0.5) is 5.95 Å². The van der Waals surface area contributed by atoms with Gasteiger partial charge in [0.15, 0.2) is 0 Å². The van der Waals surface area contributed by atoms with Gasteiger partial charge in [-0.3, -0.25) is 4.79 Å². The fraction of sp³-hybridized carbons (Fsp3) is 0.611. The predicted octanol–water partition coefficient (Wildman–Crippen LogP) is 3.49. The van der Waals surface area contributed by atoms with Crippen molar-refractivity contribution in [2.45, 2.75) is 46.0 Å². The van der Waals surface area contributed by atoms with Gasteiger partial charge in [0.25, 0.3) is 0 Å². The highest BCUT2D eigenvalue weighted by molar-refractivity contribution is 5.80. The number of rotatable bonds is 3. The Bertz CT molecular complexity index is 556. The van der Waals surface area contributed by atoms with Crippen molar-refractivity contribution in [3.63, 3.8) is 0 Å². The van der Waals surface area contributed by atoms with Gasteiger partial charge in [0.2, 0.25) is 5.95 Å². The number of Topliss-reactive ketones (excluding diaryl/α,β-unsaturated/α-hetero) is 1. The van der Waals surface area contributed by atoms with Gasteiger partial charge < -0.3 is 4.90 Å². The van der Waals surface area contributed by atoms with E-state index in [2.05, 4.69) is 27.9 Å². The largest absolute Gasteiger partial charge is 0.341 e. The lowest BCUT2D eigenvalue weighted by atomic mass is 9.85. The van der Waals surface area contributed by atoms with Crippen LogP contribution in [0.25, 0.3) is 5.57 Å². The van der Waals surface area contributed by atoms with Gasteiger partial charge in [-0.25, -0.2) is 9.97 Å². The first-order valence-corrected chi connectivity index (χ1v) is 8.40. The molecule has 118 valence electrons. The second-order valence-corrected chi connectivity index (χ2v) is 6.75. The van der Waals surface area contributed by atoms with E-state index < -0.39 is 0 Å².